The molecule has 1 unspecified atom stereocenters. The molecule has 0 amide bonds. The molecule has 1 aromatic carbocycles. The van der Waals surface area contributed by atoms with E-state index in [4.69, 9.17) is 33.3 Å². The summed E-state index contributed by atoms with van der Waals surface area (Å²) in [5.41, 5.74) is 4.24. The number of hydrogen-bond donors (Lipinski definition) is 0. The molecule has 4 rings (SSSR count). The molecule has 2 aliphatic heterocycles. The lowest BCUT2D eigenvalue weighted by Gasteiger charge is -2.34. The SMILES string of the molecule is Cc1ccc(-n2nc(C)c3c2N=C2C(Cl)=CC(Cl)=CN2C3C)cc1. The molecule has 0 saturated heterocycles. The molecule has 0 radical (unpaired) electrons. The summed E-state index contributed by atoms with van der Waals surface area (Å²) in [7, 11) is 0. The van der Waals surface area contributed by atoms with Gasteiger partial charge < -0.3 is 4.90 Å². The average molecular weight is 359 g/mol. The van der Waals surface area contributed by atoms with Crippen LogP contribution in [-0.2, 0) is 0 Å². The fraction of sp³-hybridized carbons (Fsp3) is 0.222. The van der Waals surface area contributed by atoms with Gasteiger partial charge in [0.1, 0.15) is 0 Å². The van der Waals surface area contributed by atoms with Gasteiger partial charge in [-0.05, 0) is 39.0 Å². The maximum absolute atomic E-state index is 6.38. The van der Waals surface area contributed by atoms with Crippen LogP contribution in [0.1, 0.15) is 29.8 Å². The molecule has 2 aliphatic rings. The third-order valence-corrected chi connectivity index (χ3v) is 4.88. The van der Waals surface area contributed by atoms with E-state index in [1.165, 1.54) is 5.56 Å². The predicted molar refractivity (Wildman–Crippen MR) is 98.3 cm³/mol. The van der Waals surface area contributed by atoms with Crippen molar-refractivity contribution in [3.8, 4) is 5.69 Å². The molecule has 6 heteroatoms. The molecule has 3 heterocycles. The molecule has 2 aromatic rings. The highest BCUT2D eigenvalue weighted by molar-refractivity contribution is 6.45. The Hall–Kier alpha value is -2.04. The number of fused-ring (bicyclic) bond motifs is 2. The van der Waals surface area contributed by atoms with Gasteiger partial charge >= 0.3 is 0 Å². The quantitative estimate of drug-likeness (QED) is 0.709. The Balaban J connectivity index is 1.92. The minimum absolute atomic E-state index is 0.0582. The summed E-state index contributed by atoms with van der Waals surface area (Å²) in [5, 5.41) is 5.84. The van der Waals surface area contributed by atoms with Crippen molar-refractivity contribution in [3.63, 3.8) is 0 Å². The lowest BCUT2D eigenvalue weighted by molar-refractivity contribution is 0.433. The molecule has 1 aromatic heterocycles. The Labute approximate surface area is 150 Å². The summed E-state index contributed by atoms with van der Waals surface area (Å²) in [6, 6.07) is 8.30. The number of aliphatic imine (C=N–C) groups is 1. The van der Waals surface area contributed by atoms with Crippen LogP contribution in [0.15, 0.2) is 51.6 Å². The fourth-order valence-corrected chi connectivity index (χ4v) is 3.70. The second-order valence-electron chi connectivity index (χ2n) is 6.09. The molecule has 122 valence electrons. The smallest absolute Gasteiger partial charge is 0.163 e. The van der Waals surface area contributed by atoms with Crippen LogP contribution in [0.3, 0.4) is 0 Å². The summed E-state index contributed by atoms with van der Waals surface area (Å²) >= 11 is 12.5. The van der Waals surface area contributed by atoms with Gasteiger partial charge in [0.2, 0.25) is 0 Å². The number of amidine groups is 1. The number of rotatable bonds is 1. The van der Waals surface area contributed by atoms with Crippen molar-refractivity contribution in [3.05, 3.63) is 63.4 Å². The van der Waals surface area contributed by atoms with Crippen LogP contribution in [0, 0.1) is 13.8 Å². The van der Waals surface area contributed by atoms with Crippen LogP contribution in [-0.4, -0.2) is 20.5 Å². The lowest BCUT2D eigenvalue weighted by Crippen LogP contribution is -2.33. The normalized spacial score (nSPS) is 19.3. The summed E-state index contributed by atoms with van der Waals surface area (Å²) in [5.74, 6) is 1.53. The van der Waals surface area contributed by atoms with Crippen molar-refractivity contribution in [1.29, 1.82) is 0 Å². The molecule has 1 atom stereocenters. The van der Waals surface area contributed by atoms with Crippen LogP contribution in [0.4, 0.5) is 5.82 Å². The summed E-state index contributed by atoms with van der Waals surface area (Å²) in [6.45, 7) is 6.18. The summed E-state index contributed by atoms with van der Waals surface area (Å²) < 4.78 is 1.88. The van der Waals surface area contributed by atoms with E-state index in [0.29, 0.717) is 15.9 Å². The van der Waals surface area contributed by atoms with E-state index in [1.54, 1.807) is 6.08 Å². The second-order valence-corrected chi connectivity index (χ2v) is 6.94. The van der Waals surface area contributed by atoms with E-state index in [0.717, 1.165) is 22.8 Å². The van der Waals surface area contributed by atoms with E-state index in [-0.39, 0.29) is 6.04 Å². The molecular formula is C18H16Cl2N4. The zero-order valence-electron chi connectivity index (χ0n) is 13.6. The highest BCUT2D eigenvalue weighted by Gasteiger charge is 2.34. The Morgan fingerprint density at radius 2 is 1.79 bits per heavy atom. The van der Waals surface area contributed by atoms with Gasteiger partial charge in [0.05, 0.1) is 27.5 Å². The minimum atomic E-state index is 0.0582. The Bertz CT molecular complexity index is 919. The minimum Gasteiger partial charge on any atom is -0.323 e. The number of allylic oxidation sites excluding steroid dienone is 2. The molecule has 0 bridgehead atoms. The molecule has 0 spiro atoms. The number of halogens is 2. The van der Waals surface area contributed by atoms with Crippen molar-refractivity contribution in [2.75, 3.05) is 0 Å². The van der Waals surface area contributed by atoms with Gasteiger partial charge in [0, 0.05) is 11.8 Å². The van der Waals surface area contributed by atoms with Crippen molar-refractivity contribution < 1.29 is 0 Å². The molecular weight excluding hydrogens is 343 g/mol. The first kappa shape index (κ1) is 15.5. The van der Waals surface area contributed by atoms with Gasteiger partial charge in [0.25, 0.3) is 0 Å². The first-order valence-corrected chi connectivity index (χ1v) is 8.50. The van der Waals surface area contributed by atoms with E-state index in [9.17, 15) is 0 Å². The molecule has 0 aliphatic carbocycles. The van der Waals surface area contributed by atoms with Gasteiger partial charge in [-0.1, -0.05) is 40.9 Å². The van der Waals surface area contributed by atoms with Crippen LogP contribution in [0.2, 0.25) is 0 Å². The van der Waals surface area contributed by atoms with E-state index >= 15 is 0 Å². The fourth-order valence-electron chi connectivity index (χ4n) is 3.18. The van der Waals surface area contributed by atoms with Crippen molar-refractivity contribution in [2.45, 2.75) is 26.8 Å². The van der Waals surface area contributed by atoms with E-state index in [1.807, 2.05) is 34.8 Å². The highest BCUT2D eigenvalue weighted by Crippen LogP contribution is 2.42. The maximum Gasteiger partial charge on any atom is 0.163 e. The van der Waals surface area contributed by atoms with Crippen LogP contribution < -0.4 is 0 Å². The summed E-state index contributed by atoms with van der Waals surface area (Å²) in [6.07, 6.45) is 3.58. The standard InChI is InChI=1S/C18H16Cl2N4/c1-10-4-6-14(7-5-10)24-18-16(11(2)22-24)12(3)23-9-13(19)8-15(20)17(23)21-18/h4-9,12H,1-3H3. The van der Waals surface area contributed by atoms with Crippen molar-refractivity contribution >= 4 is 34.9 Å². The number of nitrogens with zero attached hydrogens (tertiary/aromatic N) is 4. The van der Waals surface area contributed by atoms with Gasteiger partial charge in [-0.15, -0.1) is 0 Å². The van der Waals surface area contributed by atoms with Gasteiger partial charge in [0.15, 0.2) is 11.7 Å². The average Bonchev–Trinajstić information content (AvgIpc) is 2.87. The number of aromatic nitrogens is 2. The zero-order chi connectivity index (χ0) is 17.0. The van der Waals surface area contributed by atoms with E-state index in [2.05, 4.69) is 26.0 Å². The summed E-state index contributed by atoms with van der Waals surface area (Å²) in [4.78, 5) is 6.79. The number of aryl methyl sites for hydroxylation is 2. The van der Waals surface area contributed by atoms with Crippen LogP contribution in [0.25, 0.3) is 5.69 Å². The Kier molecular flexibility index (Phi) is 3.55. The Morgan fingerprint density at radius 3 is 2.50 bits per heavy atom. The lowest BCUT2D eigenvalue weighted by atomic mass is 10.0. The molecule has 4 nitrogen and oxygen atoms in total. The van der Waals surface area contributed by atoms with Gasteiger partial charge in [-0.3, -0.25) is 0 Å². The van der Waals surface area contributed by atoms with Crippen LogP contribution >= 0.6 is 23.2 Å². The highest BCUT2D eigenvalue weighted by atomic mass is 35.5. The van der Waals surface area contributed by atoms with Gasteiger partial charge in [-0.2, -0.15) is 5.10 Å². The monoisotopic (exact) mass is 358 g/mol. The first-order valence-electron chi connectivity index (χ1n) is 7.74. The zero-order valence-corrected chi connectivity index (χ0v) is 15.1. The third kappa shape index (κ3) is 2.29. The molecule has 0 N–H and O–H groups in total. The maximum atomic E-state index is 6.38. The van der Waals surface area contributed by atoms with Crippen molar-refractivity contribution in [1.82, 2.24) is 14.7 Å². The van der Waals surface area contributed by atoms with Crippen molar-refractivity contribution in [2.24, 2.45) is 4.99 Å². The predicted octanol–water partition coefficient (Wildman–Crippen LogP) is 5.11. The molecule has 24 heavy (non-hydrogen) atoms. The number of benzene rings is 1. The first-order chi connectivity index (χ1) is 11.5. The topological polar surface area (TPSA) is 33.4 Å². The van der Waals surface area contributed by atoms with Gasteiger partial charge in [-0.25, -0.2) is 9.67 Å². The largest absolute Gasteiger partial charge is 0.323 e. The molecule has 0 saturated carbocycles. The third-order valence-electron chi connectivity index (χ3n) is 4.39. The molecule has 0 fully saturated rings. The Morgan fingerprint density at radius 1 is 1.08 bits per heavy atom. The van der Waals surface area contributed by atoms with Crippen LogP contribution in [0.5, 0.6) is 0 Å². The second kappa shape index (κ2) is 5.50. The van der Waals surface area contributed by atoms with E-state index < -0.39 is 0 Å². The number of hydrogen-bond acceptors (Lipinski definition) is 3.